The van der Waals surface area contributed by atoms with Crippen molar-refractivity contribution < 1.29 is 4.74 Å². The molecule has 1 aromatic carbocycles. The highest BCUT2D eigenvalue weighted by molar-refractivity contribution is 5.65. The number of anilines is 3. The van der Waals surface area contributed by atoms with Crippen LogP contribution in [0.3, 0.4) is 0 Å². The Labute approximate surface area is 124 Å². The quantitative estimate of drug-likeness (QED) is 0.559. The third kappa shape index (κ3) is 3.68. The van der Waals surface area contributed by atoms with Gasteiger partial charge in [-0.1, -0.05) is 26.0 Å². The maximum Gasteiger partial charge on any atom is 0.148 e. The lowest BCUT2D eigenvalue weighted by atomic mass is 10.0. The fraction of sp³-hybridized carbons (Fsp3) is 0.333. The van der Waals surface area contributed by atoms with E-state index in [1.54, 1.807) is 7.11 Å². The van der Waals surface area contributed by atoms with E-state index < -0.39 is 0 Å². The molecule has 0 fully saturated rings. The highest BCUT2D eigenvalue weighted by atomic mass is 16.5. The van der Waals surface area contributed by atoms with E-state index in [9.17, 15) is 0 Å². The highest BCUT2D eigenvalue weighted by Gasteiger charge is 2.14. The predicted octanol–water partition coefficient (Wildman–Crippen LogP) is 2.78. The molecule has 0 atom stereocenters. The van der Waals surface area contributed by atoms with Crippen molar-refractivity contribution in [1.82, 2.24) is 9.97 Å². The molecule has 112 valence electrons. The molecule has 4 N–H and O–H groups in total. The van der Waals surface area contributed by atoms with Gasteiger partial charge in [0, 0.05) is 18.4 Å². The van der Waals surface area contributed by atoms with Crippen LogP contribution in [0.4, 0.5) is 17.3 Å². The molecule has 0 aliphatic heterocycles. The van der Waals surface area contributed by atoms with Crippen LogP contribution < -0.4 is 16.6 Å². The summed E-state index contributed by atoms with van der Waals surface area (Å²) in [6.45, 7) is 4.73. The van der Waals surface area contributed by atoms with Crippen LogP contribution in [0.25, 0.3) is 0 Å². The third-order valence-electron chi connectivity index (χ3n) is 3.10. The molecule has 6 heteroatoms. The molecular formula is C15H21N5O. The number of hydrogen-bond acceptors (Lipinski definition) is 6. The minimum atomic E-state index is 0.238. The van der Waals surface area contributed by atoms with Gasteiger partial charge < -0.3 is 15.5 Å². The third-order valence-corrected chi connectivity index (χ3v) is 3.10. The van der Waals surface area contributed by atoms with Gasteiger partial charge in [0.1, 0.15) is 18.0 Å². The first-order valence-electron chi connectivity index (χ1n) is 6.82. The van der Waals surface area contributed by atoms with Crippen molar-refractivity contribution in [3.05, 3.63) is 41.7 Å². The Bertz CT molecular complexity index is 600. The predicted molar refractivity (Wildman–Crippen MR) is 84.4 cm³/mol. The molecule has 6 nitrogen and oxygen atoms in total. The number of hydrogen-bond donors (Lipinski definition) is 3. The van der Waals surface area contributed by atoms with E-state index in [0.717, 1.165) is 22.6 Å². The summed E-state index contributed by atoms with van der Waals surface area (Å²) in [5, 5.41) is 3.33. The second-order valence-electron chi connectivity index (χ2n) is 5.04. The van der Waals surface area contributed by atoms with Crippen molar-refractivity contribution in [2.24, 2.45) is 5.84 Å². The van der Waals surface area contributed by atoms with Gasteiger partial charge in [0.2, 0.25) is 0 Å². The van der Waals surface area contributed by atoms with Gasteiger partial charge in [0.05, 0.1) is 6.61 Å². The Balaban J connectivity index is 2.33. The maximum absolute atomic E-state index is 5.53. The van der Waals surface area contributed by atoms with Crippen LogP contribution in [0.2, 0.25) is 0 Å². The van der Waals surface area contributed by atoms with Crippen molar-refractivity contribution in [1.29, 1.82) is 0 Å². The first kappa shape index (κ1) is 15.2. The zero-order valence-electron chi connectivity index (χ0n) is 12.6. The van der Waals surface area contributed by atoms with Crippen molar-refractivity contribution in [2.45, 2.75) is 26.4 Å². The zero-order valence-corrected chi connectivity index (χ0v) is 12.6. The first-order valence-corrected chi connectivity index (χ1v) is 6.82. The van der Waals surface area contributed by atoms with Gasteiger partial charge in [0.15, 0.2) is 0 Å². The lowest BCUT2D eigenvalue weighted by Crippen LogP contribution is -2.14. The maximum atomic E-state index is 5.53. The van der Waals surface area contributed by atoms with Gasteiger partial charge in [-0.3, -0.25) is 0 Å². The summed E-state index contributed by atoms with van der Waals surface area (Å²) in [6, 6.07) is 8.02. The fourth-order valence-corrected chi connectivity index (χ4v) is 2.20. The number of ether oxygens (including phenoxy) is 1. The summed E-state index contributed by atoms with van der Waals surface area (Å²) in [6.07, 6.45) is 1.49. The number of nitrogens with two attached hydrogens (primary N) is 1. The van der Waals surface area contributed by atoms with Crippen LogP contribution >= 0.6 is 0 Å². The average molecular weight is 287 g/mol. The SMILES string of the molecule is COCc1cccc(Nc2ncnc(NN)c2C(C)C)c1. The smallest absolute Gasteiger partial charge is 0.148 e. The second-order valence-corrected chi connectivity index (χ2v) is 5.04. The van der Waals surface area contributed by atoms with Crippen molar-refractivity contribution in [2.75, 3.05) is 17.9 Å². The molecule has 0 amide bonds. The Hall–Kier alpha value is -2.18. The summed E-state index contributed by atoms with van der Waals surface area (Å²) < 4.78 is 5.15. The van der Waals surface area contributed by atoms with E-state index in [4.69, 9.17) is 10.6 Å². The van der Waals surface area contributed by atoms with E-state index in [2.05, 4.69) is 34.6 Å². The van der Waals surface area contributed by atoms with Gasteiger partial charge in [0.25, 0.3) is 0 Å². The van der Waals surface area contributed by atoms with E-state index in [1.165, 1.54) is 6.33 Å². The molecule has 2 aromatic rings. The number of methoxy groups -OCH3 is 1. The number of nitrogen functional groups attached to an aromatic ring is 1. The van der Waals surface area contributed by atoms with Gasteiger partial charge in [-0.15, -0.1) is 0 Å². The fourth-order valence-electron chi connectivity index (χ4n) is 2.20. The van der Waals surface area contributed by atoms with Gasteiger partial charge in [-0.05, 0) is 23.6 Å². The minimum absolute atomic E-state index is 0.238. The van der Waals surface area contributed by atoms with Crippen LogP contribution in [-0.4, -0.2) is 17.1 Å². The van der Waals surface area contributed by atoms with E-state index >= 15 is 0 Å². The van der Waals surface area contributed by atoms with E-state index in [1.807, 2.05) is 24.3 Å². The minimum Gasteiger partial charge on any atom is -0.380 e. The standard InChI is InChI=1S/C15H21N5O/c1-10(2)13-14(17-9-18-15(13)20-16)19-12-6-4-5-11(7-12)8-21-3/h4-7,9-10H,8,16H2,1-3H3,(H2,17,18,19,20). The normalized spacial score (nSPS) is 10.7. The number of rotatable bonds is 6. The Kier molecular flexibility index (Phi) is 5.08. The average Bonchev–Trinajstić information content (AvgIpc) is 2.47. The van der Waals surface area contributed by atoms with Crippen LogP contribution in [-0.2, 0) is 11.3 Å². The van der Waals surface area contributed by atoms with Crippen LogP contribution in [0.15, 0.2) is 30.6 Å². The molecule has 1 aromatic heterocycles. The number of benzene rings is 1. The largest absolute Gasteiger partial charge is 0.380 e. The molecule has 0 radical (unpaired) electrons. The number of hydrazine groups is 1. The lowest BCUT2D eigenvalue weighted by molar-refractivity contribution is 0.185. The van der Waals surface area contributed by atoms with Gasteiger partial charge in [-0.2, -0.15) is 0 Å². The Morgan fingerprint density at radius 3 is 2.67 bits per heavy atom. The molecule has 0 bridgehead atoms. The molecule has 0 aliphatic rings. The first-order chi connectivity index (χ1) is 10.2. The summed E-state index contributed by atoms with van der Waals surface area (Å²) in [5.41, 5.74) is 5.63. The molecule has 0 spiro atoms. The van der Waals surface area contributed by atoms with Crippen molar-refractivity contribution >= 4 is 17.3 Å². The summed E-state index contributed by atoms with van der Waals surface area (Å²) in [4.78, 5) is 8.49. The van der Waals surface area contributed by atoms with Crippen LogP contribution in [0, 0.1) is 0 Å². The molecular weight excluding hydrogens is 266 g/mol. The van der Waals surface area contributed by atoms with Crippen molar-refractivity contribution in [3.63, 3.8) is 0 Å². The van der Waals surface area contributed by atoms with Crippen LogP contribution in [0.1, 0.15) is 30.9 Å². The van der Waals surface area contributed by atoms with Crippen LogP contribution in [0.5, 0.6) is 0 Å². The molecule has 0 aliphatic carbocycles. The second kappa shape index (κ2) is 7.01. The molecule has 0 unspecified atom stereocenters. The number of aromatic nitrogens is 2. The lowest BCUT2D eigenvalue weighted by Gasteiger charge is -2.16. The molecule has 2 rings (SSSR count). The number of nitrogens with zero attached hydrogens (tertiary/aromatic N) is 2. The zero-order chi connectivity index (χ0) is 15.2. The molecule has 21 heavy (non-hydrogen) atoms. The van der Waals surface area contributed by atoms with Gasteiger partial charge in [-0.25, -0.2) is 15.8 Å². The topological polar surface area (TPSA) is 85.1 Å². The Morgan fingerprint density at radius 1 is 1.24 bits per heavy atom. The Morgan fingerprint density at radius 2 is 2.00 bits per heavy atom. The van der Waals surface area contributed by atoms with E-state index in [-0.39, 0.29) is 5.92 Å². The summed E-state index contributed by atoms with van der Waals surface area (Å²) in [5.74, 6) is 7.15. The van der Waals surface area contributed by atoms with Crippen molar-refractivity contribution in [3.8, 4) is 0 Å². The molecule has 1 heterocycles. The molecule has 0 saturated carbocycles. The monoisotopic (exact) mass is 287 g/mol. The number of nitrogens with one attached hydrogen (secondary N) is 2. The molecule has 0 saturated heterocycles. The summed E-state index contributed by atoms with van der Waals surface area (Å²) in [7, 11) is 1.68. The van der Waals surface area contributed by atoms with Gasteiger partial charge >= 0.3 is 0 Å². The van der Waals surface area contributed by atoms with E-state index in [0.29, 0.717) is 12.4 Å². The highest BCUT2D eigenvalue weighted by Crippen LogP contribution is 2.29. The summed E-state index contributed by atoms with van der Waals surface area (Å²) >= 11 is 0.